The first-order valence-corrected chi connectivity index (χ1v) is 11.7. The molecule has 0 aromatic carbocycles. The Labute approximate surface area is 163 Å². The van der Waals surface area contributed by atoms with Crippen molar-refractivity contribution >= 4 is 38.7 Å². The lowest BCUT2D eigenvalue weighted by atomic mass is 10.2. The molecular weight excluding hydrogens is 404 g/mol. The first-order valence-electron chi connectivity index (χ1n) is 8.46. The van der Waals surface area contributed by atoms with Gasteiger partial charge >= 0.3 is 0 Å². The van der Waals surface area contributed by atoms with E-state index in [0.717, 1.165) is 32.1 Å². The van der Waals surface area contributed by atoms with Gasteiger partial charge in [-0.3, -0.25) is 0 Å². The third-order valence-corrected chi connectivity index (χ3v) is 6.32. The molecule has 0 radical (unpaired) electrons. The third kappa shape index (κ3) is 12.2. The summed E-state index contributed by atoms with van der Waals surface area (Å²) in [7, 11) is -6.49. The van der Waals surface area contributed by atoms with E-state index in [2.05, 4.69) is 17.1 Å². The summed E-state index contributed by atoms with van der Waals surface area (Å²) in [5.74, 6) is 0. The zero-order chi connectivity index (χ0) is 19.5. The van der Waals surface area contributed by atoms with Crippen molar-refractivity contribution in [2.24, 2.45) is 10.3 Å². The van der Waals surface area contributed by atoms with Crippen molar-refractivity contribution in [3.63, 3.8) is 0 Å². The van der Waals surface area contributed by atoms with Crippen LogP contribution in [-0.2, 0) is 24.8 Å². The van der Waals surface area contributed by atoms with Crippen LogP contribution in [-0.4, -0.2) is 71.2 Å². The van der Waals surface area contributed by atoms with E-state index >= 15 is 0 Å². The molecule has 9 nitrogen and oxygen atoms in total. The van der Waals surface area contributed by atoms with Gasteiger partial charge in [-0.05, 0) is 19.4 Å². The van der Waals surface area contributed by atoms with Gasteiger partial charge in [-0.15, -0.1) is 12.4 Å². The van der Waals surface area contributed by atoms with Crippen LogP contribution in [0, 0.1) is 0 Å². The molecule has 5 N–H and O–H groups in total. The Morgan fingerprint density at radius 3 is 1.69 bits per heavy atom. The summed E-state index contributed by atoms with van der Waals surface area (Å²) >= 11 is 0. The van der Waals surface area contributed by atoms with Gasteiger partial charge in [0.15, 0.2) is 0 Å². The largest absolute Gasteiger partial charge is 0.314 e. The van der Waals surface area contributed by atoms with Gasteiger partial charge in [-0.2, -0.15) is 0 Å². The fraction of sp³-hybridized carbons (Fsp3) is 0.929. The Kier molecular flexibility index (Phi) is 14.8. The van der Waals surface area contributed by atoms with E-state index in [0.29, 0.717) is 32.6 Å². The number of rotatable bonds is 7. The van der Waals surface area contributed by atoms with Gasteiger partial charge in [0.25, 0.3) is 0 Å². The number of nitrogens with one attached hydrogen (secondary N) is 1. The van der Waals surface area contributed by atoms with Crippen LogP contribution in [0.25, 0.3) is 0 Å². The number of nitrogens with zero attached hydrogens (tertiary/aromatic N) is 1. The smallest absolute Gasteiger partial charge is 0.214 e. The maximum atomic E-state index is 10.8. The second-order valence-corrected chi connectivity index (χ2v) is 9.84. The Balaban J connectivity index is 0. The highest BCUT2D eigenvalue weighted by molar-refractivity contribution is 7.90. The maximum Gasteiger partial charge on any atom is 0.214 e. The van der Waals surface area contributed by atoms with E-state index in [1.54, 1.807) is 0 Å². The Hall–Kier alpha value is -0.300. The molecule has 0 unspecified atom stereocenters. The number of unbranched alkanes of at least 4 members (excludes halogenated alkanes) is 2. The predicted octanol–water partition coefficient (Wildman–Crippen LogP) is -0.587. The first-order chi connectivity index (χ1) is 11.6. The molecule has 0 atom stereocenters. The predicted molar refractivity (Wildman–Crippen MR) is 106 cm³/mol. The number of hydrogen-bond acceptors (Lipinski definition) is 7. The number of primary sulfonamides is 2. The quantitative estimate of drug-likeness (QED) is 0.451. The molecule has 2 aliphatic heterocycles. The second kappa shape index (κ2) is 13.8. The van der Waals surface area contributed by atoms with Gasteiger partial charge in [-0.25, -0.2) is 27.1 Å². The molecule has 0 aliphatic carbocycles. The lowest BCUT2D eigenvalue weighted by Crippen LogP contribution is -2.56. The summed E-state index contributed by atoms with van der Waals surface area (Å²) in [4.78, 5) is 11.5. The molecular formula is C14H33ClN4O5S2. The Bertz CT molecular complexity index is 576. The zero-order valence-corrected chi connectivity index (χ0v) is 17.9. The van der Waals surface area contributed by atoms with Crippen molar-refractivity contribution in [1.82, 2.24) is 10.2 Å². The molecule has 0 bridgehead atoms. The van der Waals surface area contributed by atoms with Crippen molar-refractivity contribution in [3.8, 4) is 0 Å². The van der Waals surface area contributed by atoms with Crippen LogP contribution in [0.2, 0.25) is 0 Å². The highest BCUT2D eigenvalue weighted by Gasteiger charge is 2.34. The van der Waals surface area contributed by atoms with Crippen molar-refractivity contribution in [3.05, 3.63) is 0 Å². The summed E-state index contributed by atoms with van der Waals surface area (Å²) in [5.41, 5.74) is 0. The van der Waals surface area contributed by atoms with Crippen LogP contribution < -0.4 is 15.6 Å². The van der Waals surface area contributed by atoms with Crippen molar-refractivity contribution in [2.75, 3.05) is 32.7 Å². The molecule has 2 heterocycles. The van der Waals surface area contributed by atoms with Crippen molar-refractivity contribution in [1.29, 1.82) is 0 Å². The van der Waals surface area contributed by atoms with E-state index in [4.69, 9.17) is 10.3 Å². The average Bonchev–Trinajstić information content (AvgIpc) is 2.33. The Morgan fingerprint density at radius 2 is 1.50 bits per heavy atom. The Morgan fingerprint density at radius 1 is 1.00 bits per heavy atom. The van der Waals surface area contributed by atoms with Crippen LogP contribution in [0.1, 0.15) is 39.5 Å². The van der Waals surface area contributed by atoms with Crippen LogP contribution in [0.15, 0.2) is 0 Å². The molecule has 158 valence electrons. The fourth-order valence-corrected chi connectivity index (χ4v) is 3.44. The molecule has 0 saturated carbocycles. The fourth-order valence-electron chi connectivity index (χ4n) is 1.91. The number of sulfonamides is 2. The molecule has 0 spiro atoms. The van der Waals surface area contributed by atoms with Gasteiger partial charge in [0.05, 0.1) is 5.25 Å². The van der Waals surface area contributed by atoms with Crippen LogP contribution in [0.5, 0.6) is 0 Å². The lowest BCUT2D eigenvalue weighted by Gasteiger charge is -2.37. The lowest BCUT2D eigenvalue weighted by molar-refractivity contribution is -0.107. The number of carbonyl (C=O) groups excluding carboxylic acids is 1. The molecule has 0 amide bonds. The van der Waals surface area contributed by atoms with Crippen LogP contribution in [0.3, 0.4) is 0 Å². The molecule has 12 heteroatoms. The van der Waals surface area contributed by atoms with Gasteiger partial charge in [0, 0.05) is 32.6 Å². The zero-order valence-electron chi connectivity index (χ0n) is 15.5. The molecule has 2 fully saturated rings. The van der Waals surface area contributed by atoms with E-state index in [1.165, 1.54) is 0 Å². The van der Waals surface area contributed by atoms with E-state index in [-0.39, 0.29) is 22.9 Å². The minimum atomic E-state index is -3.27. The molecule has 2 rings (SSSR count). The number of nitrogens with two attached hydrogens (primary N) is 2. The van der Waals surface area contributed by atoms with Crippen LogP contribution >= 0.6 is 12.4 Å². The summed E-state index contributed by atoms with van der Waals surface area (Å²) in [5, 5.41) is 11.9. The minimum absolute atomic E-state index is 0. The number of hydrogen-bond donors (Lipinski definition) is 3. The number of likely N-dealkylation sites (tertiary alicyclic amines) is 1. The summed E-state index contributed by atoms with van der Waals surface area (Å²) < 4.78 is 42.3. The first kappa shape index (κ1) is 27.9. The summed E-state index contributed by atoms with van der Waals surface area (Å²) in [6.07, 6.45) is 4.90. The van der Waals surface area contributed by atoms with Gasteiger partial charge in [0.2, 0.25) is 20.0 Å². The standard InChI is InChI=1S/C7H16N2O2S.C4H8O.C3H8N2O2S.ClH/c1-2-3-4-9-5-7(6-9)12(8,10)11;1-2-3-4-5;4-8(6,7)3-1-5-2-3;/h7H,2-6H2,1H3,(H2,8,10,11);4H,2-3H2,1H3;3,5H,1-2H2,(H2,4,6,7);1H. The topological polar surface area (TPSA) is 153 Å². The van der Waals surface area contributed by atoms with Crippen molar-refractivity contribution in [2.45, 2.75) is 50.0 Å². The monoisotopic (exact) mass is 436 g/mol. The molecule has 0 aromatic heterocycles. The second-order valence-electron chi connectivity index (χ2n) is 6.15. The summed E-state index contributed by atoms with van der Waals surface area (Å²) in [6, 6.07) is 0. The molecule has 2 saturated heterocycles. The normalized spacial score (nSPS) is 18.0. The van der Waals surface area contributed by atoms with Crippen LogP contribution in [0.4, 0.5) is 0 Å². The maximum absolute atomic E-state index is 10.8. The van der Waals surface area contributed by atoms with E-state index in [1.807, 2.05) is 6.92 Å². The third-order valence-electron chi connectivity index (χ3n) is 3.83. The molecule has 26 heavy (non-hydrogen) atoms. The van der Waals surface area contributed by atoms with Gasteiger partial charge < -0.3 is 15.0 Å². The number of halogens is 1. The minimum Gasteiger partial charge on any atom is -0.314 e. The molecule has 2 aliphatic rings. The van der Waals surface area contributed by atoms with Gasteiger partial charge in [0.1, 0.15) is 11.5 Å². The van der Waals surface area contributed by atoms with E-state index in [9.17, 15) is 21.6 Å². The molecule has 0 aromatic rings. The highest BCUT2D eigenvalue weighted by atomic mass is 35.5. The van der Waals surface area contributed by atoms with Crippen molar-refractivity contribution < 1.29 is 21.6 Å². The average molecular weight is 437 g/mol. The van der Waals surface area contributed by atoms with E-state index < -0.39 is 20.0 Å². The van der Waals surface area contributed by atoms with Gasteiger partial charge in [-0.1, -0.05) is 20.3 Å². The summed E-state index contributed by atoms with van der Waals surface area (Å²) in [6.45, 7) is 7.38. The highest BCUT2D eigenvalue weighted by Crippen LogP contribution is 2.14. The number of carbonyl (C=O) groups is 1. The number of aldehydes is 1. The SMILES string of the molecule is CCCC=O.CCCCN1CC(S(N)(=O)=O)C1.Cl.NS(=O)(=O)C1CNC1.